The highest BCUT2D eigenvalue weighted by atomic mass is 16.7. The number of cyclic esters (lactones) is 1. The summed E-state index contributed by atoms with van der Waals surface area (Å²) < 4.78 is 32.8. The van der Waals surface area contributed by atoms with Crippen LogP contribution in [0.1, 0.15) is 17.0 Å². The lowest BCUT2D eigenvalue weighted by Gasteiger charge is -2.40. The molecule has 214 valence electrons. The van der Waals surface area contributed by atoms with Crippen molar-refractivity contribution in [3.05, 3.63) is 47.5 Å². The molecule has 0 saturated carbocycles. The van der Waals surface area contributed by atoms with Gasteiger partial charge in [-0.1, -0.05) is 12.1 Å². The van der Waals surface area contributed by atoms with Gasteiger partial charge in [-0.2, -0.15) is 0 Å². The number of ether oxygens (including phenoxy) is 6. The number of aromatic hydroxyl groups is 1. The Balaban J connectivity index is 1.67. The number of aliphatic hydroxyl groups is 4. The number of carbonyl (C=O) groups excluding carboxylic acids is 1. The van der Waals surface area contributed by atoms with Crippen LogP contribution in [0.2, 0.25) is 0 Å². The molecule has 2 fully saturated rings. The minimum absolute atomic E-state index is 0.0454. The first kappa shape index (κ1) is 28.9. The number of phenolic OH excluding ortho intramolecular Hbond substituents is 1. The highest BCUT2D eigenvalue weighted by molar-refractivity contribution is 5.75. The summed E-state index contributed by atoms with van der Waals surface area (Å²) in [5.41, 5.74) is 1.49. The van der Waals surface area contributed by atoms with E-state index in [1.54, 1.807) is 24.3 Å². The van der Waals surface area contributed by atoms with Crippen molar-refractivity contribution in [3.63, 3.8) is 0 Å². The van der Waals surface area contributed by atoms with Crippen LogP contribution in [0.3, 0.4) is 0 Å². The number of phenols is 1. The fraction of sp³-hybridized carbons (Fsp3) is 0.519. The number of carbonyl (C=O) groups is 1. The molecule has 2 saturated heterocycles. The van der Waals surface area contributed by atoms with Gasteiger partial charge in [0, 0.05) is 11.8 Å². The van der Waals surface area contributed by atoms with E-state index in [1.807, 2.05) is 6.07 Å². The number of methoxy groups -OCH3 is 3. The Bertz CT molecular complexity index is 1140. The molecule has 12 nitrogen and oxygen atoms in total. The molecule has 2 aliphatic heterocycles. The summed E-state index contributed by atoms with van der Waals surface area (Å²) in [7, 11) is 4.47. The molecule has 2 aromatic carbocycles. The van der Waals surface area contributed by atoms with Gasteiger partial charge in [0.15, 0.2) is 29.3 Å². The Labute approximate surface area is 225 Å². The van der Waals surface area contributed by atoms with E-state index in [9.17, 15) is 30.3 Å². The molecule has 0 unspecified atom stereocenters. The summed E-state index contributed by atoms with van der Waals surface area (Å²) in [6.45, 7) is -0.808. The van der Waals surface area contributed by atoms with E-state index in [-0.39, 0.29) is 24.7 Å². The number of benzene rings is 2. The van der Waals surface area contributed by atoms with Crippen molar-refractivity contribution in [1.82, 2.24) is 0 Å². The predicted molar refractivity (Wildman–Crippen MR) is 134 cm³/mol. The van der Waals surface area contributed by atoms with Crippen molar-refractivity contribution in [1.29, 1.82) is 0 Å². The van der Waals surface area contributed by atoms with E-state index in [0.29, 0.717) is 11.5 Å². The van der Waals surface area contributed by atoms with Crippen LogP contribution in [0.5, 0.6) is 23.0 Å². The molecule has 0 amide bonds. The summed E-state index contributed by atoms with van der Waals surface area (Å²) in [6, 6.07) is 10.3. The quantitative estimate of drug-likeness (QED) is 0.254. The van der Waals surface area contributed by atoms with Crippen LogP contribution in [-0.4, -0.2) is 103 Å². The van der Waals surface area contributed by atoms with Gasteiger partial charge in [0.2, 0.25) is 0 Å². The summed E-state index contributed by atoms with van der Waals surface area (Å²) in [5.74, 6) is -1.10. The van der Waals surface area contributed by atoms with Gasteiger partial charge in [0.25, 0.3) is 0 Å². The highest BCUT2D eigenvalue weighted by Gasteiger charge is 2.47. The summed E-state index contributed by atoms with van der Waals surface area (Å²) in [5, 5.41) is 50.1. The topological polar surface area (TPSA) is 174 Å². The molecule has 8 atom stereocenters. The number of rotatable bonds is 10. The van der Waals surface area contributed by atoms with Crippen LogP contribution in [0, 0.1) is 11.8 Å². The van der Waals surface area contributed by atoms with Gasteiger partial charge >= 0.3 is 5.97 Å². The van der Waals surface area contributed by atoms with Gasteiger partial charge in [-0.25, -0.2) is 0 Å². The second kappa shape index (κ2) is 12.4. The SMILES string of the molecule is COc1cc([C@H](c2ccc(OC)c(OC)c2)[C@H]2COC(=O)[C@@H]2CO[C@@H]2O[C@H](CO)[C@@H](O)[C@H](O)[C@H]2O)ccc1O. The lowest BCUT2D eigenvalue weighted by molar-refractivity contribution is -0.303. The third-order valence-electron chi connectivity index (χ3n) is 7.28. The molecule has 5 N–H and O–H groups in total. The number of aliphatic hydroxyl groups excluding tert-OH is 4. The average molecular weight is 551 g/mol. The molecule has 4 rings (SSSR count). The molecular weight excluding hydrogens is 516 g/mol. The van der Waals surface area contributed by atoms with E-state index >= 15 is 0 Å². The van der Waals surface area contributed by atoms with Crippen molar-refractivity contribution >= 4 is 5.97 Å². The standard InChI is InChI=1S/C27H34O12/c1-34-18-7-5-14(9-20(18)36-3)22(13-4-6-17(29)19(8-13)35-2)15-11-37-26(33)16(15)12-38-27-25(32)24(31)23(30)21(10-28)39-27/h4-9,15-16,21-25,27-32H,10-12H2,1-3H3/t15-,16+,21+,22+,23+,24-,25+,27+/m0/s1. The molecule has 0 aliphatic carbocycles. The maximum atomic E-state index is 12.9. The van der Waals surface area contributed by atoms with Crippen molar-refractivity contribution in [3.8, 4) is 23.0 Å². The van der Waals surface area contributed by atoms with Crippen molar-refractivity contribution < 1.29 is 58.7 Å². The first-order valence-electron chi connectivity index (χ1n) is 12.4. The van der Waals surface area contributed by atoms with Crippen LogP contribution in [-0.2, 0) is 19.0 Å². The maximum Gasteiger partial charge on any atom is 0.311 e. The first-order chi connectivity index (χ1) is 18.7. The van der Waals surface area contributed by atoms with E-state index in [4.69, 9.17) is 28.4 Å². The third-order valence-corrected chi connectivity index (χ3v) is 7.28. The zero-order valence-corrected chi connectivity index (χ0v) is 21.8. The molecule has 12 heteroatoms. The van der Waals surface area contributed by atoms with E-state index in [0.717, 1.165) is 11.1 Å². The predicted octanol–water partition coefficient (Wildman–Crippen LogP) is 0.156. The van der Waals surface area contributed by atoms with Gasteiger partial charge in [-0.15, -0.1) is 0 Å². The normalized spacial score (nSPS) is 29.5. The molecular formula is C27H34O12. The Morgan fingerprint density at radius 3 is 2.18 bits per heavy atom. The zero-order chi connectivity index (χ0) is 28.3. The Morgan fingerprint density at radius 1 is 0.897 bits per heavy atom. The largest absolute Gasteiger partial charge is 0.504 e. The molecule has 2 aromatic rings. The summed E-state index contributed by atoms with van der Waals surface area (Å²) >= 11 is 0. The van der Waals surface area contributed by atoms with Crippen LogP contribution in [0.15, 0.2) is 36.4 Å². The smallest absolute Gasteiger partial charge is 0.311 e. The highest BCUT2D eigenvalue weighted by Crippen LogP contribution is 2.44. The molecule has 2 heterocycles. The minimum atomic E-state index is -1.61. The molecule has 0 spiro atoms. The van der Waals surface area contributed by atoms with Gasteiger partial charge in [-0.3, -0.25) is 4.79 Å². The van der Waals surface area contributed by atoms with Gasteiger partial charge in [0.1, 0.15) is 24.4 Å². The lowest BCUT2D eigenvalue weighted by atomic mass is 9.75. The average Bonchev–Trinajstić information content (AvgIpc) is 3.31. The van der Waals surface area contributed by atoms with Crippen molar-refractivity contribution in [2.75, 3.05) is 41.2 Å². The van der Waals surface area contributed by atoms with E-state index in [2.05, 4.69) is 0 Å². The van der Waals surface area contributed by atoms with E-state index < -0.39 is 61.0 Å². The zero-order valence-electron chi connectivity index (χ0n) is 21.8. The maximum absolute atomic E-state index is 12.9. The Morgan fingerprint density at radius 2 is 1.54 bits per heavy atom. The number of hydrogen-bond acceptors (Lipinski definition) is 12. The number of esters is 1. The lowest BCUT2D eigenvalue weighted by Crippen LogP contribution is -2.59. The molecule has 0 bridgehead atoms. The monoisotopic (exact) mass is 550 g/mol. The van der Waals surface area contributed by atoms with Gasteiger partial charge < -0.3 is 54.0 Å². The van der Waals surface area contributed by atoms with Crippen LogP contribution in [0.25, 0.3) is 0 Å². The van der Waals surface area contributed by atoms with Crippen molar-refractivity contribution in [2.45, 2.75) is 36.6 Å². The number of hydrogen-bond donors (Lipinski definition) is 5. The Kier molecular flexibility index (Phi) is 9.15. The fourth-order valence-corrected chi connectivity index (χ4v) is 5.12. The molecule has 2 aliphatic rings. The second-order valence-electron chi connectivity index (χ2n) is 9.45. The third kappa shape index (κ3) is 5.76. The van der Waals surface area contributed by atoms with Crippen LogP contribution >= 0.6 is 0 Å². The van der Waals surface area contributed by atoms with Crippen molar-refractivity contribution in [2.24, 2.45) is 11.8 Å². The summed E-state index contributed by atoms with van der Waals surface area (Å²) in [4.78, 5) is 12.9. The van der Waals surface area contributed by atoms with Crippen LogP contribution in [0.4, 0.5) is 0 Å². The summed E-state index contributed by atoms with van der Waals surface area (Å²) in [6.07, 6.45) is -7.31. The molecule has 0 radical (unpaired) electrons. The fourth-order valence-electron chi connectivity index (χ4n) is 5.12. The second-order valence-corrected chi connectivity index (χ2v) is 9.45. The minimum Gasteiger partial charge on any atom is -0.504 e. The first-order valence-corrected chi connectivity index (χ1v) is 12.4. The Hall–Kier alpha value is -3.13. The van der Waals surface area contributed by atoms with E-state index in [1.165, 1.54) is 27.4 Å². The molecule has 0 aromatic heterocycles. The van der Waals surface area contributed by atoms with Crippen LogP contribution < -0.4 is 14.2 Å². The molecule has 39 heavy (non-hydrogen) atoms. The van der Waals surface area contributed by atoms with Gasteiger partial charge in [0.05, 0.1) is 47.1 Å². The van der Waals surface area contributed by atoms with Gasteiger partial charge in [-0.05, 0) is 35.4 Å².